The second-order valence-corrected chi connectivity index (χ2v) is 5.52. The maximum Gasteiger partial charge on any atom is 0.317 e. The van der Waals surface area contributed by atoms with Crippen molar-refractivity contribution >= 4 is 6.03 Å². The summed E-state index contributed by atoms with van der Waals surface area (Å²) in [4.78, 5) is 13.0. The van der Waals surface area contributed by atoms with E-state index < -0.39 is 17.9 Å². The quantitative estimate of drug-likeness (QED) is 0.761. The fourth-order valence-corrected chi connectivity index (χ4v) is 2.29. The van der Waals surface area contributed by atoms with E-state index >= 15 is 0 Å². The van der Waals surface area contributed by atoms with Crippen molar-refractivity contribution in [2.24, 2.45) is 11.3 Å². The third-order valence-electron chi connectivity index (χ3n) is 3.53. The zero-order chi connectivity index (χ0) is 12.7. The van der Waals surface area contributed by atoms with Crippen LogP contribution in [0.4, 0.5) is 13.6 Å². The zero-order valence-corrected chi connectivity index (χ0v) is 10.2. The molecule has 2 heterocycles. The largest absolute Gasteiger partial charge is 0.338 e. The van der Waals surface area contributed by atoms with Crippen LogP contribution in [0.15, 0.2) is 0 Å². The van der Waals surface area contributed by atoms with Crippen molar-refractivity contribution in [3.05, 3.63) is 0 Å². The first kappa shape index (κ1) is 12.5. The van der Waals surface area contributed by atoms with Crippen LogP contribution in [-0.2, 0) is 0 Å². The summed E-state index contributed by atoms with van der Waals surface area (Å²) in [6.07, 6.45) is 0. The van der Waals surface area contributed by atoms with Gasteiger partial charge in [-0.05, 0) is 5.92 Å². The van der Waals surface area contributed by atoms with Gasteiger partial charge in [-0.25, -0.2) is 13.6 Å². The first-order valence-electron chi connectivity index (χ1n) is 5.98. The van der Waals surface area contributed by atoms with E-state index in [0.717, 1.165) is 0 Å². The van der Waals surface area contributed by atoms with Crippen LogP contribution in [0.25, 0.3) is 0 Å². The molecule has 2 rings (SSSR count). The molecule has 2 N–H and O–H groups in total. The highest BCUT2D eigenvalue weighted by Gasteiger charge is 2.63. The molecule has 0 atom stereocenters. The summed E-state index contributed by atoms with van der Waals surface area (Å²) in [5, 5.41) is 5.55. The van der Waals surface area contributed by atoms with Crippen LogP contribution in [-0.4, -0.2) is 49.6 Å². The van der Waals surface area contributed by atoms with Gasteiger partial charge in [-0.3, -0.25) is 0 Å². The van der Waals surface area contributed by atoms with Gasteiger partial charge < -0.3 is 15.5 Å². The molecule has 0 aromatic carbocycles. The zero-order valence-electron chi connectivity index (χ0n) is 10.2. The topological polar surface area (TPSA) is 44.4 Å². The van der Waals surface area contributed by atoms with Crippen molar-refractivity contribution in [2.75, 3.05) is 32.7 Å². The van der Waals surface area contributed by atoms with Gasteiger partial charge >= 0.3 is 6.03 Å². The first-order valence-corrected chi connectivity index (χ1v) is 5.98. The average molecular weight is 247 g/mol. The summed E-state index contributed by atoms with van der Waals surface area (Å²) < 4.78 is 27.6. The summed E-state index contributed by atoms with van der Waals surface area (Å²) in [5.74, 6) is -2.45. The number of nitrogens with one attached hydrogen (secondary N) is 2. The number of nitrogens with zero attached hydrogens (tertiary/aromatic N) is 1. The number of amides is 2. The Bertz CT molecular complexity index is 316. The second-order valence-electron chi connectivity index (χ2n) is 5.52. The number of urea groups is 1. The lowest BCUT2D eigenvalue weighted by Gasteiger charge is -2.42. The van der Waals surface area contributed by atoms with Crippen LogP contribution in [0.5, 0.6) is 0 Å². The van der Waals surface area contributed by atoms with Crippen LogP contribution < -0.4 is 10.6 Å². The minimum absolute atomic E-state index is 0.150. The highest BCUT2D eigenvalue weighted by molar-refractivity contribution is 5.74. The SMILES string of the molecule is CC(C)CNC(=O)N1CC(F)(F)C2(CNC2)C1. The molecule has 0 unspecified atom stereocenters. The molecule has 0 radical (unpaired) electrons. The summed E-state index contributed by atoms with van der Waals surface area (Å²) in [6, 6.07) is -0.373. The minimum Gasteiger partial charge on any atom is -0.338 e. The molecular formula is C11H19F2N3O. The number of hydrogen-bond donors (Lipinski definition) is 2. The van der Waals surface area contributed by atoms with Gasteiger partial charge in [-0.15, -0.1) is 0 Å². The van der Waals surface area contributed by atoms with Gasteiger partial charge in [0.1, 0.15) is 0 Å². The predicted octanol–water partition coefficient (Wildman–Crippen LogP) is 0.892. The number of hydrogen-bond acceptors (Lipinski definition) is 2. The van der Waals surface area contributed by atoms with Crippen molar-refractivity contribution in [3.63, 3.8) is 0 Å². The average Bonchev–Trinajstić information content (AvgIpc) is 2.45. The maximum atomic E-state index is 13.8. The Hall–Kier alpha value is -0.910. The lowest BCUT2D eigenvalue weighted by molar-refractivity contribution is -0.108. The van der Waals surface area contributed by atoms with Crippen LogP contribution in [0.3, 0.4) is 0 Å². The Morgan fingerprint density at radius 3 is 2.47 bits per heavy atom. The van der Waals surface area contributed by atoms with Gasteiger partial charge in [0.25, 0.3) is 5.92 Å². The maximum absolute atomic E-state index is 13.8. The van der Waals surface area contributed by atoms with Crippen molar-refractivity contribution in [1.29, 1.82) is 0 Å². The van der Waals surface area contributed by atoms with Crippen molar-refractivity contribution in [1.82, 2.24) is 15.5 Å². The highest BCUT2D eigenvalue weighted by atomic mass is 19.3. The Morgan fingerprint density at radius 2 is 2.06 bits per heavy atom. The van der Waals surface area contributed by atoms with Gasteiger partial charge in [0.2, 0.25) is 0 Å². The molecule has 2 aliphatic heterocycles. The van der Waals surface area contributed by atoms with Gasteiger partial charge in [-0.2, -0.15) is 0 Å². The molecule has 2 saturated heterocycles. The Morgan fingerprint density at radius 1 is 1.41 bits per heavy atom. The number of likely N-dealkylation sites (tertiary alicyclic amines) is 1. The molecule has 0 aliphatic carbocycles. The Kier molecular flexibility index (Phi) is 3.01. The van der Waals surface area contributed by atoms with Gasteiger partial charge in [0.15, 0.2) is 0 Å². The molecule has 2 fully saturated rings. The molecule has 2 amide bonds. The third-order valence-corrected chi connectivity index (χ3v) is 3.53. The molecular weight excluding hydrogens is 228 g/mol. The molecule has 2 aliphatic rings. The lowest BCUT2D eigenvalue weighted by atomic mass is 9.78. The minimum atomic E-state index is -2.77. The Balaban J connectivity index is 1.94. The number of carbonyl (C=O) groups excluding carboxylic acids is 1. The van der Waals surface area contributed by atoms with E-state index in [1.54, 1.807) is 0 Å². The molecule has 1 spiro atoms. The van der Waals surface area contributed by atoms with Crippen molar-refractivity contribution < 1.29 is 13.6 Å². The fraction of sp³-hybridized carbons (Fsp3) is 0.909. The van der Waals surface area contributed by atoms with Crippen LogP contribution in [0, 0.1) is 11.3 Å². The van der Waals surface area contributed by atoms with E-state index in [9.17, 15) is 13.6 Å². The van der Waals surface area contributed by atoms with Crippen LogP contribution >= 0.6 is 0 Å². The normalized spacial score (nSPS) is 25.1. The summed E-state index contributed by atoms with van der Waals surface area (Å²) >= 11 is 0. The molecule has 98 valence electrons. The number of rotatable bonds is 2. The summed E-state index contributed by atoms with van der Waals surface area (Å²) in [6.45, 7) is 4.75. The van der Waals surface area contributed by atoms with Crippen molar-refractivity contribution in [2.45, 2.75) is 19.8 Å². The van der Waals surface area contributed by atoms with E-state index in [4.69, 9.17) is 0 Å². The lowest BCUT2D eigenvalue weighted by Crippen LogP contribution is -2.62. The smallest absolute Gasteiger partial charge is 0.317 e. The van der Waals surface area contributed by atoms with E-state index in [1.807, 2.05) is 13.8 Å². The molecule has 0 bridgehead atoms. The highest BCUT2D eigenvalue weighted by Crippen LogP contribution is 2.46. The fourth-order valence-electron chi connectivity index (χ4n) is 2.29. The monoisotopic (exact) mass is 247 g/mol. The van der Waals surface area contributed by atoms with E-state index in [2.05, 4.69) is 10.6 Å². The van der Waals surface area contributed by atoms with Gasteiger partial charge in [0.05, 0.1) is 12.0 Å². The number of carbonyl (C=O) groups is 1. The summed E-state index contributed by atoms with van der Waals surface area (Å²) in [7, 11) is 0. The van der Waals surface area contributed by atoms with Gasteiger partial charge in [-0.1, -0.05) is 13.8 Å². The van der Waals surface area contributed by atoms with Crippen LogP contribution in [0.2, 0.25) is 0 Å². The van der Waals surface area contributed by atoms with Gasteiger partial charge in [0, 0.05) is 26.2 Å². The van der Waals surface area contributed by atoms with E-state index in [-0.39, 0.29) is 12.6 Å². The third kappa shape index (κ3) is 2.10. The van der Waals surface area contributed by atoms with E-state index in [1.165, 1.54) is 4.90 Å². The number of alkyl halides is 2. The molecule has 0 saturated carbocycles. The summed E-state index contributed by atoms with van der Waals surface area (Å²) in [5.41, 5.74) is -1.03. The molecule has 0 aromatic heterocycles. The standard InChI is InChI=1S/C11H19F2N3O/c1-8(2)3-15-9(17)16-6-10(4-14-5-10)11(12,13)7-16/h8,14H,3-7H2,1-2H3,(H,15,17). The molecule has 6 heteroatoms. The second kappa shape index (κ2) is 4.08. The Labute approximate surface area is 99.7 Å². The number of halogens is 2. The van der Waals surface area contributed by atoms with Crippen LogP contribution in [0.1, 0.15) is 13.8 Å². The molecule has 0 aromatic rings. The molecule has 17 heavy (non-hydrogen) atoms. The predicted molar refractivity (Wildman–Crippen MR) is 60.1 cm³/mol. The molecule has 4 nitrogen and oxygen atoms in total. The van der Waals surface area contributed by atoms with Crippen molar-refractivity contribution in [3.8, 4) is 0 Å². The van der Waals surface area contributed by atoms with E-state index in [0.29, 0.717) is 25.6 Å². The first-order chi connectivity index (χ1) is 7.86.